The number of anilines is 1. The fraction of sp³-hybridized carbons (Fsp3) is 0.133. The second-order valence-electron chi connectivity index (χ2n) is 4.54. The van der Waals surface area contributed by atoms with E-state index >= 15 is 0 Å². The van der Waals surface area contributed by atoms with Crippen molar-refractivity contribution in [3.8, 4) is 0 Å². The van der Waals surface area contributed by atoms with Crippen LogP contribution in [0.4, 0.5) is 10.1 Å². The molecule has 4 heteroatoms. The van der Waals surface area contributed by atoms with Crippen molar-refractivity contribution in [1.82, 2.24) is 9.97 Å². The van der Waals surface area contributed by atoms with E-state index < -0.39 is 0 Å². The van der Waals surface area contributed by atoms with Gasteiger partial charge in [0.2, 0.25) is 0 Å². The van der Waals surface area contributed by atoms with Crippen LogP contribution in [0.25, 0.3) is 11.0 Å². The molecule has 0 aliphatic rings. The number of imidazole rings is 1. The van der Waals surface area contributed by atoms with Crippen LogP contribution < -0.4 is 5.32 Å². The lowest BCUT2D eigenvalue weighted by molar-refractivity contribution is 0.604. The predicted octanol–water partition coefficient (Wildman–Crippen LogP) is 3.62. The molecule has 3 aromatic rings. The summed E-state index contributed by atoms with van der Waals surface area (Å²) in [4.78, 5) is 7.21. The molecule has 0 unspecified atom stereocenters. The predicted molar refractivity (Wildman–Crippen MR) is 74.6 cm³/mol. The first kappa shape index (κ1) is 11.7. The van der Waals surface area contributed by atoms with E-state index in [-0.39, 0.29) is 5.82 Å². The van der Waals surface area contributed by atoms with E-state index in [0.717, 1.165) is 16.7 Å². The van der Waals surface area contributed by atoms with Gasteiger partial charge in [-0.1, -0.05) is 18.2 Å². The monoisotopic (exact) mass is 255 g/mol. The Morgan fingerprint density at radius 3 is 3.05 bits per heavy atom. The maximum absolute atomic E-state index is 13.9. The zero-order valence-corrected chi connectivity index (χ0v) is 10.6. The summed E-state index contributed by atoms with van der Waals surface area (Å²) < 4.78 is 13.9. The average molecular weight is 255 g/mol. The molecule has 3 nitrogen and oxygen atoms in total. The Kier molecular flexibility index (Phi) is 2.91. The van der Waals surface area contributed by atoms with E-state index in [4.69, 9.17) is 0 Å². The first-order valence-corrected chi connectivity index (χ1v) is 6.15. The summed E-state index contributed by atoms with van der Waals surface area (Å²) in [7, 11) is 0. The summed E-state index contributed by atoms with van der Waals surface area (Å²) in [6.45, 7) is 2.24. The van der Waals surface area contributed by atoms with Crippen LogP contribution in [0.2, 0.25) is 0 Å². The lowest BCUT2D eigenvalue weighted by atomic mass is 10.1. The standard InChI is InChI=1S/C15H14FN3/c1-10-3-2-4-11(15(10)16)8-17-12-5-6-13-14(7-12)19-9-18-13/h2-7,9,17H,8H2,1H3,(H,18,19). The van der Waals surface area contributed by atoms with Crippen molar-refractivity contribution in [2.45, 2.75) is 13.5 Å². The van der Waals surface area contributed by atoms with Crippen LogP contribution in [0.15, 0.2) is 42.7 Å². The summed E-state index contributed by atoms with van der Waals surface area (Å²) >= 11 is 0. The molecule has 2 aromatic carbocycles. The van der Waals surface area contributed by atoms with E-state index in [1.807, 2.05) is 24.3 Å². The Bertz CT molecular complexity index is 718. The van der Waals surface area contributed by atoms with E-state index in [1.165, 1.54) is 0 Å². The average Bonchev–Trinajstić information content (AvgIpc) is 2.88. The molecule has 0 bridgehead atoms. The number of benzene rings is 2. The molecule has 0 aliphatic heterocycles. The summed E-state index contributed by atoms with van der Waals surface area (Å²) in [6, 6.07) is 11.3. The van der Waals surface area contributed by atoms with Crippen molar-refractivity contribution in [2.75, 3.05) is 5.32 Å². The molecule has 1 heterocycles. The number of aromatic nitrogens is 2. The van der Waals surface area contributed by atoms with Gasteiger partial charge in [0.1, 0.15) is 5.82 Å². The lowest BCUT2D eigenvalue weighted by Gasteiger charge is -2.08. The molecule has 2 N–H and O–H groups in total. The van der Waals surface area contributed by atoms with Gasteiger partial charge in [-0.2, -0.15) is 0 Å². The maximum Gasteiger partial charge on any atom is 0.131 e. The normalized spacial score (nSPS) is 10.8. The quantitative estimate of drug-likeness (QED) is 0.750. The number of hydrogen-bond donors (Lipinski definition) is 2. The molecule has 0 aliphatic carbocycles. The Hall–Kier alpha value is -2.36. The van der Waals surface area contributed by atoms with Gasteiger partial charge in [-0.05, 0) is 30.7 Å². The fourth-order valence-corrected chi connectivity index (χ4v) is 2.09. The Morgan fingerprint density at radius 1 is 1.26 bits per heavy atom. The molecule has 1 aromatic heterocycles. The van der Waals surface area contributed by atoms with Crippen molar-refractivity contribution in [2.24, 2.45) is 0 Å². The number of H-pyrrole nitrogens is 1. The first-order chi connectivity index (χ1) is 9.24. The van der Waals surface area contributed by atoms with Crippen LogP contribution in [-0.4, -0.2) is 9.97 Å². The zero-order valence-electron chi connectivity index (χ0n) is 10.6. The molecule has 0 radical (unpaired) electrons. The van der Waals surface area contributed by atoms with Crippen molar-refractivity contribution >= 4 is 16.7 Å². The topological polar surface area (TPSA) is 40.7 Å². The number of halogens is 1. The van der Waals surface area contributed by atoms with Crippen LogP contribution in [0.1, 0.15) is 11.1 Å². The summed E-state index contributed by atoms with van der Waals surface area (Å²) in [6.07, 6.45) is 1.66. The van der Waals surface area contributed by atoms with Crippen molar-refractivity contribution < 1.29 is 4.39 Å². The van der Waals surface area contributed by atoms with Crippen LogP contribution in [0.3, 0.4) is 0 Å². The molecule has 0 atom stereocenters. The Balaban J connectivity index is 1.80. The third-order valence-electron chi connectivity index (χ3n) is 3.17. The van der Waals surface area contributed by atoms with Gasteiger partial charge in [0, 0.05) is 17.8 Å². The minimum Gasteiger partial charge on any atom is -0.381 e. The number of aryl methyl sites for hydroxylation is 1. The van der Waals surface area contributed by atoms with Gasteiger partial charge < -0.3 is 10.3 Å². The van der Waals surface area contributed by atoms with Crippen LogP contribution in [0, 0.1) is 12.7 Å². The van der Waals surface area contributed by atoms with Gasteiger partial charge in [-0.25, -0.2) is 9.37 Å². The van der Waals surface area contributed by atoms with Gasteiger partial charge >= 0.3 is 0 Å². The number of fused-ring (bicyclic) bond motifs is 1. The van der Waals surface area contributed by atoms with Gasteiger partial charge in [0.15, 0.2) is 0 Å². The van der Waals surface area contributed by atoms with Crippen LogP contribution >= 0.6 is 0 Å². The highest BCUT2D eigenvalue weighted by molar-refractivity contribution is 5.78. The van der Waals surface area contributed by atoms with Gasteiger partial charge in [-0.3, -0.25) is 0 Å². The molecule has 3 rings (SSSR count). The highest BCUT2D eigenvalue weighted by atomic mass is 19.1. The smallest absolute Gasteiger partial charge is 0.131 e. The third-order valence-corrected chi connectivity index (χ3v) is 3.17. The van der Waals surface area contributed by atoms with Gasteiger partial charge in [0.25, 0.3) is 0 Å². The summed E-state index contributed by atoms with van der Waals surface area (Å²) in [5, 5.41) is 3.22. The fourth-order valence-electron chi connectivity index (χ4n) is 2.09. The number of aromatic amines is 1. The van der Waals surface area contributed by atoms with Gasteiger partial charge in [0.05, 0.1) is 17.4 Å². The molecule has 0 saturated heterocycles. The number of rotatable bonds is 3. The first-order valence-electron chi connectivity index (χ1n) is 6.15. The molecule has 96 valence electrons. The minimum absolute atomic E-state index is 0.141. The van der Waals surface area contributed by atoms with E-state index in [9.17, 15) is 4.39 Å². The number of nitrogens with one attached hydrogen (secondary N) is 2. The van der Waals surface area contributed by atoms with E-state index in [1.54, 1.807) is 25.4 Å². The molecule has 0 fully saturated rings. The summed E-state index contributed by atoms with van der Waals surface area (Å²) in [5.41, 5.74) is 4.17. The molecule has 0 saturated carbocycles. The Morgan fingerprint density at radius 2 is 2.16 bits per heavy atom. The van der Waals surface area contributed by atoms with E-state index in [0.29, 0.717) is 17.7 Å². The molecule has 19 heavy (non-hydrogen) atoms. The molecule has 0 amide bonds. The number of nitrogens with zero attached hydrogens (tertiary/aromatic N) is 1. The van der Waals surface area contributed by atoms with Crippen LogP contribution in [-0.2, 0) is 6.54 Å². The number of hydrogen-bond acceptors (Lipinski definition) is 2. The molecular weight excluding hydrogens is 241 g/mol. The maximum atomic E-state index is 13.9. The van der Waals surface area contributed by atoms with Gasteiger partial charge in [-0.15, -0.1) is 0 Å². The largest absolute Gasteiger partial charge is 0.381 e. The Labute approximate surface area is 110 Å². The third kappa shape index (κ3) is 2.29. The van der Waals surface area contributed by atoms with Crippen molar-refractivity contribution in [3.63, 3.8) is 0 Å². The van der Waals surface area contributed by atoms with Crippen molar-refractivity contribution in [1.29, 1.82) is 0 Å². The summed E-state index contributed by atoms with van der Waals surface area (Å²) in [5.74, 6) is -0.141. The minimum atomic E-state index is -0.141. The molecule has 0 spiro atoms. The highest BCUT2D eigenvalue weighted by Crippen LogP contribution is 2.18. The SMILES string of the molecule is Cc1cccc(CNc2ccc3nc[nH]c3c2)c1F. The second-order valence-corrected chi connectivity index (χ2v) is 4.54. The lowest BCUT2D eigenvalue weighted by Crippen LogP contribution is -2.02. The second kappa shape index (κ2) is 4.72. The van der Waals surface area contributed by atoms with E-state index in [2.05, 4.69) is 15.3 Å². The highest BCUT2D eigenvalue weighted by Gasteiger charge is 2.04. The van der Waals surface area contributed by atoms with Crippen molar-refractivity contribution in [3.05, 3.63) is 59.7 Å². The zero-order chi connectivity index (χ0) is 13.2. The molecular formula is C15H14FN3. The van der Waals surface area contributed by atoms with Crippen LogP contribution in [0.5, 0.6) is 0 Å².